The lowest BCUT2D eigenvalue weighted by Crippen LogP contribution is -2.30. The summed E-state index contributed by atoms with van der Waals surface area (Å²) >= 11 is 0. The number of rotatable bonds is 5. The Morgan fingerprint density at radius 3 is 3.00 bits per heavy atom. The maximum atomic E-state index is 10.2. The van der Waals surface area contributed by atoms with Crippen LogP contribution in [-0.4, -0.2) is 48.7 Å². The first-order chi connectivity index (χ1) is 6.22. The Kier molecular flexibility index (Phi) is 4.18. The Bertz CT molecular complexity index is 173. The highest BCUT2D eigenvalue weighted by Crippen LogP contribution is 2.14. The number of carbonyl (C=O) groups is 1. The van der Waals surface area contributed by atoms with E-state index in [0.29, 0.717) is 5.92 Å². The number of aliphatic carboxylic acids is 1. The van der Waals surface area contributed by atoms with Gasteiger partial charge in [0, 0.05) is 6.54 Å². The van der Waals surface area contributed by atoms with E-state index in [1.54, 1.807) is 0 Å². The quantitative estimate of drug-likeness (QED) is 0.634. The van der Waals surface area contributed by atoms with Gasteiger partial charge in [-0.1, -0.05) is 6.92 Å². The molecule has 76 valence electrons. The van der Waals surface area contributed by atoms with Crippen LogP contribution in [0.3, 0.4) is 0 Å². The highest BCUT2D eigenvalue weighted by atomic mass is 16.4. The molecular weight excluding hydrogens is 168 g/mol. The van der Waals surface area contributed by atoms with Crippen LogP contribution < -0.4 is 5.32 Å². The first-order valence-corrected chi connectivity index (χ1v) is 4.87. The SMILES string of the molecule is CCN1CCC(CNCC(=O)O)C1. The van der Waals surface area contributed by atoms with Gasteiger partial charge in [-0.15, -0.1) is 0 Å². The molecule has 0 radical (unpaired) electrons. The van der Waals surface area contributed by atoms with E-state index in [2.05, 4.69) is 17.1 Å². The van der Waals surface area contributed by atoms with Crippen LogP contribution >= 0.6 is 0 Å². The fourth-order valence-corrected chi connectivity index (χ4v) is 1.75. The molecule has 0 bridgehead atoms. The maximum absolute atomic E-state index is 10.2. The van der Waals surface area contributed by atoms with Crippen molar-refractivity contribution in [2.24, 2.45) is 5.92 Å². The van der Waals surface area contributed by atoms with Gasteiger partial charge in [0.15, 0.2) is 0 Å². The molecule has 1 heterocycles. The third-order valence-electron chi connectivity index (χ3n) is 2.53. The highest BCUT2D eigenvalue weighted by Gasteiger charge is 2.20. The van der Waals surface area contributed by atoms with Gasteiger partial charge in [0.2, 0.25) is 0 Å². The van der Waals surface area contributed by atoms with Crippen molar-refractivity contribution in [2.75, 3.05) is 32.7 Å². The molecule has 1 saturated heterocycles. The number of hydrogen-bond donors (Lipinski definition) is 2. The van der Waals surface area contributed by atoms with Gasteiger partial charge in [-0.25, -0.2) is 0 Å². The van der Waals surface area contributed by atoms with Crippen molar-refractivity contribution in [2.45, 2.75) is 13.3 Å². The van der Waals surface area contributed by atoms with Crippen molar-refractivity contribution in [1.82, 2.24) is 10.2 Å². The van der Waals surface area contributed by atoms with Gasteiger partial charge in [-0.3, -0.25) is 4.79 Å². The molecule has 2 N–H and O–H groups in total. The van der Waals surface area contributed by atoms with E-state index >= 15 is 0 Å². The minimum absolute atomic E-state index is 0.0859. The van der Waals surface area contributed by atoms with Crippen molar-refractivity contribution in [3.8, 4) is 0 Å². The van der Waals surface area contributed by atoms with Gasteiger partial charge in [0.1, 0.15) is 0 Å². The van der Waals surface area contributed by atoms with Crippen molar-refractivity contribution in [1.29, 1.82) is 0 Å². The van der Waals surface area contributed by atoms with E-state index in [1.807, 2.05) is 0 Å². The summed E-state index contributed by atoms with van der Waals surface area (Å²) in [4.78, 5) is 12.6. The predicted molar refractivity (Wildman–Crippen MR) is 50.7 cm³/mol. The molecule has 1 aliphatic heterocycles. The summed E-state index contributed by atoms with van der Waals surface area (Å²) in [5, 5.41) is 11.4. The van der Waals surface area contributed by atoms with E-state index in [1.165, 1.54) is 6.42 Å². The number of carboxylic acids is 1. The Morgan fingerprint density at radius 2 is 2.46 bits per heavy atom. The van der Waals surface area contributed by atoms with Crippen LogP contribution in [-0.2, 0) is 4.79 Å². The summed E-state index contributed by atoms with van der Waals surface area (Å²) in [6.07, 6.45) is 1.19. The Morgan fingerprint density at radius 1 is 1.69 bits per heavy atom. The standard InChI is InChI=1S/C9H18N2O2/c1-2-11-4-3-8(7-11)5-10-6-9(12)13/h8,10H,2-7H2,1H3,(H,12,13). The molecule has 0 aromatic carbocycles. The molecule has 0 amide bonds. The van der Waals surface area contributed by atoms with Crippen LogP contribution in [0.2, 0.25) is 0 Å². The third kappa shape index (κ3) is 3.74. The first-order valence-electron chi connectivity index (χ1n) is 4.87. The fourth-order valence-electron chi connectivity index (χ4n) is 1.75. The van der Waals surface area contributed by atoms with Gasteiger partial charge in [0.05, 0.1) is 6.54 Å². The highest BCUT2D eigenvalue weighted by molar-refractivity contribution is 5.68. The summed E-state index contributed by atoms with van der Waals surface area (Å²) in [6, 6.07) is 0. The van der Waals surface area contributed by atoms with Crippen molar-refractivity contribution in [3.63, 3.8) is 0 Å². The van der Waals surface area contributed by atoms with E-state index in [9.17, 15) is 4.79 Å². The molecule has 0 spiro atoms. The second-order valence-electron chi connectivity index (χ2n) is 3.57. The Balaban J connectivity index is 2.07. The average molecular weight is 186 g/mol. The molecule has 0 saturated carbocycles. The van der Waals surface area contributed by atoms with Crippen LogP contribution in [0.4, 0.5) is 0 Å². The van der Waals surface area contributed by atoms with E-state index in [4.69, 9.17) is 5.11 Å². The second-order valence-corrected chi connectivity index (χ2v) is 3.57. The van der Waals surface area contributed by atoms with E-state index in [0.717, 1.165) is 26.2 Å². The molecule has 1 atom stereocenters. The predicted octanol–water partition coefficient (Wildman–Crippen LogP) is 0.00240. The maximum Gasteiger partial charge on any atom is 0.317 e. The zero-order valence-electron chi connectivity index (χ0n) is 8.12. The molecule has 0 aromatic rings. The van der Waals surface area contributed by atoms with Gasteiger partial charge in [0.25, 0.3) is 0 Å². The fraction of sp³-hybridized carbons (Fsp3) is 0.889. The number of nitrogens with one attached hydrogen (secondary N) is 1. The topological polar surface area (TPSA) is 52.6 Å². The molecule has 4 heteroatoms. The molecule has 1 rings (SSSR count). The summed E-state index contributed by atoms with van der Waals surface area (Å²) in [5.74, 6) is -0.135. The monoisotopic (exact) mass is 186 g/mol. The van der Waals surface area contributed by atoms with Crippen LogP contribution in [0, 0.1) is 5.92 Å². The summed E-state index contributed by atoms with van der Waals surface area (Å²) in [6.45, 7) is 6.47. The second kappa shape index (κ2) is 5.19. The average Bonchev–Trinajstić information content (AvgIpc) is 2.52. The third-order valence-corrected chi connectivity index (χ3v) is 2.53. The minimum atomic E-state index is -0.773. The largest absolute Gasteiger partial charge is 0.480 e. The summed E-state index contributed by atoms with van der Waals surface area (Å²) < 4.78 is 0. The van der Waals surface area contributed by atoms with Crippen molar-refractivity contribution >= 4 is 5.97 Å². The van der Waals surface area contributed by atoms with Crippen LogP contribution in [0.25, 0.3) is 0 Å². The molecule has 1 fully saturated rings. The van der Waals surface area contributed by atoms with Crippen molar-refractivity contribution in [3.05, 3.63) is 0 Å². The lowest BCUT2D eigenvalue weighted by atomic mass is 10.1. The van der Waals surface area contributed by atoms with Crippen LogP contribution in [0.15, 0.2) is 0 Å². The Labute approximate surface area is 78.9 Å². The zero-order valence-corrected chi connectivity index (χ0v) is 8.12. The minimum Gasteiger partial charge on any atom is -0.480 e. The molecule has 1 aliphatic rings. The van der Waals surface area contributed by atoms with Crippen LogP contribution in [0.1, 0.15) is 13.3 Å². The molecule has 1 unspecified atom stereocenters. The van der Waals surface area contributed by atoms with Gasteiger partial charge in [-0.2, -0.15) is 0 Å². The molecular formula is C9H18N2O2. The number of nitrogens with zero attached hydrogens (tertiary/aromatic N) is 1. The van der Waals surface area contributed by atoms with Gasteiger partial charge < -0.3 is 15.3 Å². The number of likely N-dealkylation sites (tertiary alicyclic amines) is 1. The number of carboxylic acid groups (broad SMARTS) is 1. The van der Waals surface area contributed by atoms with Gasteiger partial charge >= 0.3 is 5.97 Å². The normalized spacial score (nSPS) is 23.6. The Hall–Kier alpha value is -0.610. The van der Waals surface area contributed by atoms with Crippen LogP contribution in [0.5, 0.6) is 0 Å². The number of hydrogen-bond acceptors (Lipinski definition) is 3. The molecule has 4 nitrogen and oxygen atoms in total. The lowest BCUT2D eigenvalue weighted by molar-refractivity contribution is -0.135. The molecule has 0 aromatic heterocycles. The summed E-state index contributed by atoms with van der Waals surface area (Å²) in [7, 11) is 0. The smallest absolute Gasteiger partial charge is 0.317 e. The van der Waals surface area contributed by atoms with E-state index < -0.39 is 5.97 Å². The van der Waals surface area contributed by atoms with E-state index in [-0.39, 0.29) is 6.54 Å². The molecule has 13 heavy (non-hydrogen) atoms. The lowest BCUT2D eigenvalue weighted by Gasteiger charge is -2.12. The summed E-state index contributed by atoms with van der Waals surface area (Å²) in [5.41, 5.74) is 0. The first kappa shape index (κ1) is 10.5. The zero-order chi connectivity index (χ0) is 9.68. The van der Waals surface area contributed by atoms with Crippen molar-refractivity contribution < 1.29 is 9.90 Å². The molecule has 0 aliphatic carbocycles. The van der Waals surface area contributed by atoms with Gasteiger partial charge in [-0.05, 0) is 32.0 Å².